The molecule has 0 atom stereocenters. The van der Waals surface area contributed by atoms with Crippen LogP contribution in [-0.4, -0.2) is 27.3 Å². The monoisotopic (exact) mass is 298 g/mol. The van der Waals surface area contributed by atoms with E-state index in [0.29, 0.717) is 8.66 Å². The second-order valence-corrected chi connectivity index (χ2v) is 6.30. The second-order valence-electron chi connectivity index (χ2n) is 3.56. The van der Waals surface area contributed by atoms with E-state index in [1.807, 2.05) is 4.90 Å². The van der Waals surface area contributed by atoms with Crippen LogP contribution < -0.4 is 0 Å². The zero-order valence-corrected chi connectivity index (χ0v) is 11.1. The first kappa shape index (κ1) is 13.1. The first-order valence-corrected chi connectivity index (χ1v) is 7.07. The number of thioether (sulfide) groups is 1. The summed E-state index contributed by atoms with van der Waals surface area (Å²) in [5.41, 5.74) is -0.839. The number of hydrogen-bond donors (Lipinski definition) is 0. The summed E-state index contributed by atoms with van der Waals surface area (Å²) >= 11 is 7.30. The molecule has 1 fully saturated rings. The topological polar surface area (TPSA) is 16.1 Å². The average molecular weight is 298 g/mol. The summed E-state index contributed by atoms with van der Waals surface area (Å²) in [4.78, 5) is 5.54. The van der Waals surface area contributed by atoms with Crippen molar-refractivity contribution in [1.82, 2.24) is 9.88 Å². The summed E-state index contributed by atoms with van der Waals surface area (Å²) in [6.07, 6.45) is -2.19. The predicted octanol–water partition coefficient (Wildman–Crippen LogP) is 3.63. The lowest BCUT2D eigenvalue weighted by atomic mass is 10.4. The van der Waals surface area contributed by atoms with E-state index in [4.69, 9.17) is 12.2 Å². The van der Waals surface area contributed by atoms with Crippen molar-refractivity contribution in [2.75, 3.05) is 13.1 Å². The lowest BCUT2D eigenvalue weighted by Crippen LogP contribution is -2.22. The Hall–Kier alpha value is -0.340. The molecule has 2 rings (SSSR count). The Morgan fingerprint density at radius 2 is 2.06 bits per heavy atom. The maximum Gasteiger partial charge on any atom is 0.434 e. The number of hydrogen-bond acceptors (Lipinski definition) is 4. The Kier molecular flexibility index (Phi) is 3.94. The van der Waals surface area contributed by atoms with Crippen molar-refractivity contribution in [3.05, 3.63) is 11.1 Å². The molecule has 1 aliphatic heterocycles. The minimum Gasteiger partial charge on any atom is -0.357 e. The Balaban J connectivity index is 1.99. The SMILES string of the molecule is FC(F)(F)c1csc(SC(=S)N2CCCC2)n1. The fourth-order valence-corrected chi connectivity index (χ4v) is 3.78. The number of thiazole rings is 1. The third-order valence-corrected chi connectivity index (χ3v) is 4.69. The van der Waals surface area contributed by atoms with Crippen LogP contribution in [0.2, 0.25) is 0 Å². The largest absolute Gasteiger partial charge is 0.434 e. The van der Waals surface area contributed by atoms with Gasteiger partial charge in [-0.1, -0.05) is 12.2 Å². The van der Waals surface area contributed by atoms with Gasteiger partial charge >= 0.3 is 6.18 Å². The number of nitrogens with zero attached hydrogens (tertiary/aromatic N) is 2. The van der Waals surface area contributed by atoms with Gasteiger partial charge in [0.15, 0.2) is 10.0 Å². The van der Waals surface area contributed by atoms with Gasteiger partial charge in [0.2, 0.25) is 0 Å². The van der Waals surface area contributed by atoms with Crippen LogP contribution in [-0.2, 0) is 6.18 Å². The van der Waals surface area contributed by atoms with Gasteiger partial charge in [-0.15, -0.1) is 11.3 Å². The van der Waals surface area contributed by atoms with Gasteiger partial charge in [0.1, 0.15) is 4.32 Å². The van der Waals surface area contributed by atoms with Crippen LogP contribution in [0.1, 0.15) is 18.5 Å². The lowest BCUT2D eigenvalue weighted by Gasteiger charge is -2.16. The highest BCUT2D eigenvalue weighted by Gasteiger charge is 2.34. The molecule has 1 aromatic heterocycles. The third-order valence-electron chi connectivity index (χ3n) is 2.31. The van der Waals surface area contributed by atoms with Crippen molar-refractivity contribution in [3.63, 3.8) is 0 Å². The highest BCUT2D eigenvalue weighted by atomic mass is 32.2. The quantitative estimate of drug-likeness (QED) is 0.581. The molecule has 8 heteroatoms. The van der Waals surface area contributed by atoms with Crippen molar-refractivity contribution in [2.45, 2.75) is 23.4 Å². The Morgan fingerprint density at radius 1 is 1.41 bits per heavy atom. The van der Waals surface area contributed by atoms with E-state index in [2.05, 4.69) is 4.98 Å². The molecular weight excluding hydrogens is 289 g/mol. The molecule has 0 saturated carbocycles. The van der Waals surface area contributed by atoms with Gasteiger partial charge in [-0.2, -0.15) is 13.2 Å². The first-order chi connectivity index (χ1) is 7.97. The Bertz CT molecular complexity index is 410. The number of alkyl halides is 3. The molecule has 0 N–H and O–H groups in total. The van der Waals surface area contributed by atoms with Crippen LogP contribution in [0.15, 0.2) is 9.72 Å². The molecule has 1 aromatic rings. The summed E-state index contributed by atoms with van der Waals surface area (Å²) in [6, 6.07) is 0. The van der Waals surface area contributed by atoms with Crippen molar-refractivity contribution in [3.8, 4) is 0 Å². The highest BCUT2D eigenvalue weighted by Crippen LogP contribution is 2.34. The molecule has 0 spiro atoms. The molecule has 1 aliphatic rings. The molecule has 0 bridgehead atoms. The number of rotatable bonds is 1. The van der Waals surface area contributed by atoms with E-state index in [0.717, 1.165) is 54.4 Å². The first-order valence-electron chi connectivity index (χ1n) is 4.96. The Morgan fingerprint density at radius 3 is 2.59 bits per heavy atom. The van der Waals surface area contributed by atoms with E-state index in [1.54, 1.807) is 0 Å². The normalized spacial score (nSPS) is 16.5. The van der Waals surface area contributed by atoms with Crippen LogP contribution in [0.4, 0.5) is 13.2 Å². The maximum absolute atomic E-state index is 12.3. The zero-order chi connectivity index (χ0) is 12.5. The van der Waals surface area contributed by atoms with Crippen LogP contribution in [0.3, 0.4) is 0 Å². The fourth-order valence-electron chi connectivity index (χ4n) is 1.47. The molecule has 1 saturated heterocycles. The van der Waals surface area contributed by atoms with Crippen molar-refractivity contribution >= 4 is 39.6 Å². The van der Waals surface area contributed by atoms with Gasteiger partial charge in [-0.3, -0.25) is 0 Å². The fraction of sp³-hybridized carbons (Fsp3) is 0.556. The lowest BCUT2D eigenvalue weighted by molar-refractivity contribution is -0.141. The third kappa shape index (κ3) is 3.32. The number of aromatic nitrogens is 1. The van der Waals surface area contributed by atoms with E-state index < -0.39 is 11.9 Å². The van der Waals surface area contributed by atoms with Crippen molar-refractivity contribution in [2.24, 2.45) is 0 Å². The van der Waals surface area contributed by atoms with Gasteiger partial charge in [-0.25, -0.2) is 4.98 Å². The molecular formula is C9H9F3N2S3. The van der Waals surface area contributed by atoms with Crippen molar-refractivity contribution in [1.29, 1.82) is 0 Å². The summed E-state index contributed by atoms with van der Waals surface area (Å²) in [6.45, 7) is 1.78. The van der Waals surface area contributed by atoms with E-state index in [9.17, 15) is 13.2 Å². The summed E-state index contributed by atoms with van der Waals surface area (Å²) in [5.74, 6) is 0. The minimum absolute atomic E-state index is 0.356. The van der Waals surface area contributed by atoms with Crippen LogP contribution in [0, 0.1) is 0 Å². The van der Waals surface area contributed by atoms with Gasteiger partial charge in [0, 0.05) is 18.5 Å². The van der Waals surface area contributed by atoms with Crippen LogP contribution in [0.5, 0.6) is 0 Å². The summed E-state index contributed by atoms with van der Waals surface area (Å²) in [7, 11) is 0. The maximum atomic E-state index is 12.3. The predicted molar refractivity (Wildman–Crippen MR) is 66.4 cm³/mol. The van der Waals surface area contributed by atoms with Gasteiger partial charge in [-0.05, 0) is 24.6 Å². The highest BCUT2D eigenvalue weighted by molar-refractivity contribution is 8.23. The molecule has 17 heavy (non-hydrogen) atoms. The zero-order valence-electron chi connectivity index (χ0n) is 8.66. The number of halogens is 3. The van der Waals surface area contributed by atoms with Gasteiger partial charge in [0.05, 0.1) is 0 Å². The molecule has 0 aliphatic carbocycles. The molecule has 0 amide bonds. The van der Waals surface area contributed by atoms with E-state index in [1.165, 1.54) is 0 Å². The molecule has 0 aromatic carbocycles. The number of likely N-dealkylation sites (tertiary alicyclic amines) is 1. The summed E-state index contributed by atoms with van der Waals surface area (Å²) < 4.78 is 38.0. The van der Waals surface area contributed by atoms with Crippen LogP contribution in [0.25, 0.3) is 0 Å². The molecule has 2 heterocycles. The molecule has 2 nitrogen and oxygen atoms in total. The molecule has 0 unspecified atom stereocenters. The van der Waals surface area contributed by atoms with Gasteiger partial charge < -0.3 is 4.90 Å². The average Bonchev–Trinajstić information content (AvgIpc) is 2.85. The van der Waals surface area contributed by atoms with E-state index >= 15 is 0 Å². The standard InChI is InChI=1S/C9H9F3N2S3/c10-9(11,12)6-5-16-7(13-6)17-8(15)14-3-1-2-4-14/h5H,1-4H2. The minimum atomic E-state index is -4.37. The second kappa shape index (κ2) is 5.11. The van der Waals surface area contributed by atoms with E-state index in [-0.39, 0.29) is 0 Å². The number of thiocarbonyl (C=S) groups is 1. The smallest absolute Gasteiger partial charge is 0.357 e. The van der Waals surface area contributed by atoms with Crippen LogP contribution >= 0.6 is 35.3 Å². The van der Waals surface area contributed by atoms with Crippen molar-refractivity contribution < 1.29 is 13.2 Å². The molecule has 94 valence electrons. The Labute approximate surface area is 110 Å². The molecule has 0 radical (unpaired) electrons. The summed E-state index contributed by atoms with van der Waals surface area (Å²) in [5, 5.41) is 1.02. The van der Waals surface area contributed by atoms with Gasteiger partial charge in [0.25, 0.3) is 0 Å².